The van der Waals surface area contributed by atoms with Gasteiger partial charge in [-0.1, -0.05) is 28.9 Å². The maximum Gasteiger partial charge on any atom is 0.0658 e. The normalized spacial score (nSPS) is 13.4. The molecule has 0 amide bonds. The van der Waals surface area contributed by atoms with E-state index in [2.05, 4.69) is 58.2 Å². The first-order valence-electron chi connectivity index (χ1n) is 6.71. The topological polar surface area (TPSA) is 35.5 Å². The number of rotatable bonds is 6. The molecule has 3 nitrogen and oxygen atoms in total. The summed E-state index contributed by atoms with van der Waals surface area (Å²) in [6, 6.07) is 6.59. The average molecular weight is 329 g/mol. The highest BCUT2D eigenvalue weighted by molar-refractivity contribution is 9.10. The van der Waals surface area contributed by atoms with Gasteiger partial charge >= 0.3 is 0 Å². The van der Waals surface area contributed by atoms with Crippen LogP contribution in [0.3, 0.4) is 0 Å². The Hall–Kier alpha value is -0.580. The molecule has 0 aliphatic heterocycles. The van der Waals surface area contributed by atoms with E-state index >= 15 is 0 Å². The fraction of sp³-hybridized carbons (Fsp3) is 0.600. The lowest BCUT2D eigenvalue weighted by Crippen LogP contribution is -2.45. The van der Waals surface area contributed by atoms with Gasteiger partial charge in [0.1, 0.15) is 0 Å². The second-order valence-electron chi connectivity index (χ2n) is 5.51. The molecule has 0 heterocycles. The van der Waals surface area contributed by atoms with Crippen molar-refractivity contribution in [3.63, 3.8) is 0 Å². The Morgan fingerprint density at radius 1 is 1.42 bits per heavy atom. The van der Waals surface area contributed by atoms with E-state index in [1.165, 1.54) is 5.56 Å². The monoisotopic (exact) mass is 328 g/mol. The average Bonchev–Trinajstić information content (AvgIpc) is 2.37. The third kappa shape index (κ3) is 3.94. The maximum absolute atomic E-state index is 9.56. The van der Waals surface area contributed by atoms with Crippen LogP contribution in [-0.4, -0.2) is 30.8 Å². The number of likely N-dealkylation sites (N-methyl/N-ethyl adjacent to an activating group) is 1. The summed E-state index contributed by atoms with van der Waals surface area (Å²) in [5.74, 6) is 0. The van der Waals surface area contributed by atoms with Crippen LogP contribution in [0.25, 0.3) is 0 Å². The van der Waals surface area contributed by atoms with Gasteiger partial charge in [-0.2, -0.15) is 0 Å². The molecule has 1 atom stereocenters. The summed E-state index contributed by atoms with van der Waals surface area (Å²) in [6.45, 7) is 9.40. The van der Waals surface area contributed by atoms with Gasteiger partial charge in [-0.3, -0.25) is 0 Å². The summed E-state index contributed by atoms with van der Waals surface area (Å²) in [5.41, 5.74) is 2.09. The van der Waals surface area contributed by atoms with Crippen molar-refractivity contribution in [2.75, 3.05) is 25.1 Å². The largest absolute Gasteiger partial charge is 0.394 e. The van der Waals surface area contributed by atoms with Gasteiger partial charge in [0.05, 0.1) is 12.1 Å². The Morgan fingerprint density at radius 2 is 2.05 bits per heavy atom. The van der Waals surface area contributed by atoms with Crippen molar-refractivity contribution in [2.45, 2.75) is 39.3 Å². The lowest BCUT2D eigenvalue weighted by molar-refractivity contribution is 0.216. The second kappa shape index (κ2) is 6.73. The number of anilines is 1. The van der Waals surface area contributed by atoms with Crippen LogP contribution in [0.15, 0.2) is 22.7 Å². The van der Waals surface area contributed by atoms with Crippen LogP contribution >= 0.6 is 15.9 Å². The predicted molar refractivity (Wildman–Crippen MR) is 85.8 cm³/mol. The molecule has 1 rings (SSSR count). The molecule has 0 aliphatic carbocycles. The van der Waals surface area contributed by atoms with Crippen molar-refractivity contribution in [3.05, 3.63) is 28.2 Å². The van der Waals surface area contributed by atoms with E-state index < -0.39 is 0 Å². The van der Waals surface area contributed by atoms with Gasteiger partial charge in [-0.15, -0.1) is 0 Å². The van der Waals surface area contributed by atoms with Crippen LogP contribution < -0.4 is 10.2 Å². The van der Waals surface area contributed by atoms with Crippen molar-refractivity contribution in [3.8, 4) is 0 Å². The highest BCUT2D eigenvalue weighted by atomic mass is 79.9. The van der Waals surface area contributed by atoms with Gasteiger partial charge < -0.3 is 15.3 Å². The van der Waals surface area contributed by atoms with E-state index in [1.54, 1.807) is 0 Å². The summed E-state index contributed by atoms with van der Waals surface area (Å²) in [4.78, 5) is 2.14. The molecule has 0 spiro atoms. The molecule has 0 radical (unpaired) electrons. The zero-order valence-corrected chi connectivity index (χ0v) is 14.1. The molecule has 1 aromatic carbocycles. The summed E-state index contributed by atoms with van der Waals surface area (Å²) in [7, 11) is 2.03. The highest BCUT2D eigenvalue weighted by Crippen LogP contribution is 2.32. The first kappa shape index (κ1) is 16.5. The van der Waals surface area contributed by atoms with Crippen molar-refractivity contribution in [2.24, 2.45) is 0 Å². The number of nitrogens with one attached hydrogen (secondary N) is 1. The van der Waals surface area contributed by atoms with Crippen molar-refractivity contribution < 1.29 is 5.11 Å². The zero-order chi connectivity index (χ0) is 14.6. The van der Waals surface area contributed by atoms with Crippen molar-refractivity contribution in [1.82, 2.24) is 5.32 Å². The zero-order valence-electron chi connectivity index (χ0n) is 12.5. The van der Waals surface area contributed by atoms with E-state index in [0.717, 1.165) is 16.7 Å². The molecule has 0 aromatic heterocycles. The van der Waals surface area contributed by atoms with Gasteiger partial charge in [0.25, 0.3) is 0 Å². The molecule has 0 bridgehead atoms. The fourth-order valence-electron chi connectivity index (χ4n) is 2.02. The van der Waals surface area contributed by atoms with Crippen LogP contribution in [0, 0.1) is 0 Å². The molecule has 0 fully saturated rings. The van der Waals surface area contributed by atoms with Crippen LogP contribution in [0.4, 0.5) is 5.69 Å². The molecular weight excluding hydrogens is 304 g/mol. The predicted octanol–water partition coefficient (Wildman–Crippen LogP) is 3.33. The Balaban J connectivity index is 3.20. The summed E-state index contributed by atoms with van der Waals surface area (Å²) in [6.07, 6.45) is 0. The number of aliphatic hydroxyl groups excluding tert-OH is 1. The molecular formula is C15H25BrN2O. The number of aliphatic hydroxyl groups is 1. The molecule has 0 saturated carbocycles. The minimum Gasteiger partial charge on any atom is -0.394 e. The van der Waals surface area contributed by atoms with Crippen LogP contribution in [0.1, 0.15) is 39.3 Å². The Kier molecular flexibility index (Phi) is 5.83. The van der Waals surface area contributed by atoms with E-state index in [9.17, 15) is 5.11 Å². The van der Waals surface area contributed by atoms with Crippen LogP contribution in [-0.2, 0) is 0 Å². The molecule has 4 heteroatoms. The Labute approximate surface area is 125 Å². The molecule has 1 unspecified atom stereocenters. The molecule has 0 aliphatic rings. The van der Waals surface area contributed by atoms with E-state index in [-0.39, 0.29) is 18.2 Å². The first-order valence-corrected chi connectivity index (χ1v) is 7.50. The minimum atomic E-state index is -0.290. The number of hydrogen-bond donors (Lipinski definition) is 2. The quantitative estimate of drug-likeness (QED) is 0.840. The third-order valence-electron chi connectivity index (χ3n) is 3.63. The fourth-order valence-corrected chi connectivity index (χ4v) is 2.37. The van der Waals surface area contributed by atoms with E-state index in [4.69, 9.17) is 0 Å². The van der Waals surface area contributed by atoms with Gasteiger partial charge in [-0.25, -0.2) is 0 Å². The van der Waals surface area contributed by atoms with Crippen molar-refractivity contribution in [1.29, 1.82) is 0 Å². The Bertz CT molecular complexity index is 421. The summed E-state index contributed by atoms with van der Waals surface area (Å²) in [5, 5.41) is 13.0. The summed E-state index contributed by atoms with van der Waals surface area (Å²) >= 11 is 3.53. The van der Waals surface area contributed by atoms with Gasteiger partial charge in [0, 0.05) is 23.2 Å². The lowest BCUT2D eigenvalue weighted by atomic mass is 9.99. The van der Waals surface area contributed by atoms with E-state index in [0.29, 0.717) is 0 Å². The molecule has 0 saturated heterocycles. The van der Waals surface area contributed by atoms with Crippen LogP contribution in [0.5, 0.6) is 0 Å². The highest BCUT2D eigenvalue weighted by Gasteiger charge is 2.25. The van der Waals surface area contributed by atoms with Gasteiger partial charge in [-0.05, 0) is 45.0 Å². The van der Waals surface area contributed by atoms with Crippen LogP contribution in [0.2, 0.25) is 0 Å². The van der Waals surface area contributed by atoms with Gasteiger partial charge in [0.15, 0.2) is 0 Å². The number of halogens is 1. The molecule has 2 N–H and O–H groups in total. The number of benzene rings is 1. The Morgan fingerprint density at radius 3 is 2.58 bits per heavy atom. The summed E-state index contributed by atoms with van der Waals surface area (Å²) < 4.78 is 1.05. The SMILES string of the molecule is CCNC(C)c1ccc(Br)cc1N(C)C(C)(C)CO. The molecule has 1 aromatic rings. The smallest absolute Gasteiger partial charge is 0.0658 e. The van der Waals surface area contributed by atoms with Gasteiger partial charge in [0.2, 0.25) is 0 Å². The number of nitrogens with zero attached hydrogens (tertiary/aromatic N) is 1. The molecule has 19 heavy (non-hydrogen) atoms. The number of hydrogen-bond acceptors (Lipinski definition) is 3. The standard InChI is InChI=1S/C15H25BrN2O/c1-6-17-11(2)13-8-7-12(16)9-14(13)18(5)15(3,4)10-19/h7-9,11,17,19H,6,10H2,1-5H3. The molecule has 108 valence electrons. The maximum atomic E-state index is 9.56. The first-order chi connectivity index (χ1) is 8.83. The second-order valence-corrected chi connectivity index (χ2v) is 6.43. The minimum absolute atomic E-state index is 0.116. The lowest BCUT2D eigenvalue weighted by Gasteiger charge is -2.38. The van der Waals surface area contributed by atoms with Crippen molar-refractivity contribution >= 4 is 21.6 Å². The van der Waals surface area contributed by atoms with E-state index in [1.807, 2.05) is 20.9 Å². The third-order valence-corrected chi connectivity index (χ3v) is 4.12.